The van der Waals surface area contributed by atoms with E-state index in [2.05, 4.69) is 37.2 Å². The van der Waals surface area contributed by atoms with Crippen LogP contribution in [0, 0.1) is 0 Å². The van der Waals surface area contributed by atoms with Gasteiger partial charge < -0.3 is 5.32 Å². The zero-order valence-corrected chi connectivity index (χ0v) is 11.4. The smallest absolute Gasteiger partial charge is 0.0931 e. The van der Waals surface area contributed by atoms with Gasteiger partial charge in [-0.2, -0.15) is 0 Å². The molecule has 0 spiro atoms. The van der Waals surface area contributed by atoms with Crippen molar-refractivity contribution in [3.63, 3.8) is 0 Å². The lowest BCUT2D eigenvalue weighted by molar-refractivity contribution is 0.149. The van der Waals surface area contributed by atoms with Crippen LogP contribution in [0.1, 0.15) is 18.7 Å². The Balaban J connectivity index is 2.58. The van der Waals surface area contributed by atoms with Crippen LogP contribution in [-0.2, 0) is 6.54 Å². The van der Waals surface area contributed by atoms with Gasteiger partial charge in [0, 0.05) is 23.5 Å². The van der Waals surface area contributed by atoms with E-state index in [0.717, 1.165) is 17.4 Å². The summed E-state index contributed by atoms with van der Waals surface area (Å²) in [6, 6.07) is 4.05. The van der Waals surface area contributed by atoms with Crippen molar-refractivity contribution in [2.45, 2.75) is 25.9 Å². The summed E-state index contributed by atoms with van der Waals surface area (Å²) in [6.45, 7) is 6.39. The van der Waals surface area contributed by atoms with Crippen molar-refractivity contribution in [2.75, 3.05) is 20.6 Å². The maximum atomic E-state index is 5.91. The summed E-state index contributed by atoms with van der Waals surface area (Å²) < 4.78 is 0.866. The van der Waals surface area contributed by atoms with Crippen LogP contribution in [0.5, 0.6) is 0 Å². The zero-order valence-electron chi connectivity index (χ0n) is 9.80. The van der Waals surface area contributed by atoms with Gasteiger partial charge in [0.15, 0.2) is 0 Å². The van der Waals surface area contributed by atoms with E-state index in [0.29, 0.717) is 0 Å². The molecule has 0 fully saturated rings. The summed E-state index contributed by atoms with van der Waals surface area (Å²) in [4.78, 5) is 3.65. The van der Waals surface area contributed by atoms with Gasteiger partial charge >= 0.3 is 0 Å². The highest BCUT2D eigenvalue weighted by molar-refractivity contribution is 7.16. The third kappa shape index (κ3) is 3.76. The average molecular weight is 247 g/mol. The number of halogens is 1. The van der Waals surface area contributed by atoms with E-state index >= 15 is 0 Å². The molecule has 0 saturated carbocycles. The highest BCUT2D eigenvalue weighted by Gasteiger charge is 2.22. The standard InChI is InChI=1S/C11H19ClN2S/c1-11(2,8-13-3)14(4)7-9-5-6-10(12)15-9/h5-6,13H,7-8H2,1-4H3. The maximum absolute atomic E-state index is 5.91. The lowest BCUT2D eigenvalue weighted by Crippen LogP contribution is -2.47. The highest BCUT2D eigenvalue weighted by Crippen LogP contribution is 2.24. The number of nitrogens with zero attached hydrogens (tertiary/aromatic N) is 1. The highest BCUT2D eigenvalue weighted by atomic mass is 35.5. The second kappa shape index (κ2) is 5.30. The molecule has 0 amide bonds. The van der Waals surface area contributed by atoms with Crippen molar-refractivity contribution < 1.29 is 0 Å². The van der Waals surface area contributed by atoms with Crippen LogP contribution >= 0.6 is 22.9 Å². The normalized spacial score (nSPS) is 12.4. The Hall–Kier alpha value is -0.0900. The van der Waals surface area contributed by atoms with E-state index in [-0.39, 0.29) is 5.54 Å². The van der Waals surface area contributed by atoms with Crippen molar-refractivity contribution in [1.82, 2.24) is 10.2 Å². The molecule has 1 rings (SSSR count). The second-order valence-corrected chi connectivity index (χ2v) is 6.20. The van der Waals surface area contributed by atoms with Crippen LogP contribution in [-0.4, -0.2) is 31.1 Å². The Kier molecular flexibility index (Phi) is 4.59. The number of hydrogen-bond acceptors (Lipinski definition) is 3. The topological polar surface area (TPSA) is 15.3 Å². The molecule has 0 aliphatic carbocycles. The van der Waals surface area contributed by atoms with Crippen molar-refractivity contribution >= 4 is 22.9 Å². The molecule has 0 aliphatic heterocycles. The zero-order chi connectivity index (χ0) is 11.5. The molecule has 86 valence electrons. The van der Waals surface area contributed by atoms with Crippen molar-refractivity contribution in [1.29, 1.82) is 0 Å². The minimum absolute atomic E-state index is 0.158. The van der Waals surface area contributed by atoms with Crippen LogP contribution in [0.2, 0.25) is 4.34 Å². The fourth-order valence-electron chi connectivity index (χ4n) is 1.45. The first kappa shape index (κ1) is 13.0. The van der Waals surface area contributed by atoms with Gasteiger partial charge in [-0.3, -0.25) is 4.90 Å². The number of hydrogen-bond donors (Lipinski definition) is 1. The van der Waals surface area contributed by atoms with E-state index in [9.17, 15) is 0 Å². The molecule has 2 nitrogen and oxygen atoms in total. The first-order chi connectivity index (χ1) is 6.95. The summed E-state index contributed by atoms with van der Waals surface area (Å²) in [5.41, 5.74) is 0.158. The summed E-state index contributed by atoms with van der Waals surface area (Å²) in [5.74, 6) is 0. The van der Waals surface area contributed by atoms with E-state index in [4.69, 9.17) is 11.6 Å². The molecule has 0 radical (unpaired) electrons. The molecule has 0 aromatic carbocycles. The quantitative estimate of drug-likeness (QED) is 0.860. The second-order valence-electron chi connectivity index (χ2n) is 4.40. The molecule has 0 aliphatic rings. The van der Waals surface area contributed by atoms with Gasteiger partial charge in [-0.25, -0.2) is 0 Å². The minimum atomic E-state index is 0.158. The molecule has 0 bridgehead atoms. The van der Waals surface area contributed by atoms with E-state index in [1.807, 2.05) is 13.1 Å². The van der Waals surface area contributed by atoms with Gasteiger partial charge in [0.05, 0.1) is 4.34 Å². The maximum Gasteiger partial charge on any atom is 0.0931 e. The van der Waals surface area contributed by atoms with Gasteiger partial charge in [0.1, 0.15) is 0 Å². The monoisotopic (exact) mass is 246 g/mol. The fraction of sp³-hybridized carbons (Fsp3) is 0.636. The third-order valence-corrected chi connectivity index (χ3v) is 3.88. The summed E-state index contributed by atoms with van der Waals surface area (Å²) >= 11 is 7.56. The van der Waals surface area contributed by atoms with E-state index in [1.54, 1.807) is 11.3 Å². The van der Waals surface area contributed by atoms with Crippen molar-refractivity contribution in [3.05, 3.63) is 21.3 Å². The van der Waals surface area contributed by atoms with Crippen molar-refractivity contribution in [3.8, 4) is 0 Å². The van der Waals surface area contributed by atoms with Crippen LogP contribution in [0.25, 0.3) is 0 Å². The third-order valence-electron chi connectivity index (χ3n) is 2.66. The first-order valence-electron chi connectivity index (χ1n) is 5.06. The summed E-state index contributed by atoms with van der Waals surface area (Å²) in [5, 5.41) is 3.22. The van der Waals surface area contributed by atoms with Crippen LogP contribution in [0.15, 0.2) is 12.1 Å². The average Bonchev–Trinajstić information content (AvgIpc) is 2.51. The van der Waals surface area contributed by atoms with Crippen LogP contribution < -0.4 is 5.32 Å². The van der Waals surface area contributed by atoms with Gasteiger partial charge in [0.25, 0.3) is 0 Å². The number of likely N-dealkylation sites (N-methyl/N-ethyl adjacent to an activating group) is 2. The lowest BCUT2D eigenvalue weighted by atomic mass is 10.0. The molecular weight excluding hydrogens is 228 g/mol. The Morgan fingerprint density at radius 3 is 2.60 bits per heavy atom. The lowest BCUT2D eigenvalue weighted by Gasteiger charge is -2.35. The Labute approximate surface area is 101 Å². The molecule has 15 heavy (non-hydrogen) atoms. The SMILES string of the molecule is CNCC(C)(C)N(C)Cc1ccc(Cl)s1. The van der Waals surface area contributed by atoms with Gasteiger partial charge in [-0.1, -0.05) is 11.6 Å². The number of thiophene rings is 1. The number of rotatable bonds is 5. The predicted octanol–water partition coefficient (Wildman–Crippen LogP) is 2.83. The summed E-state index contributed by atoms with van der Waals surface area (Å²) in [6.07, 6.45) is 0. The van der Waals surface area contributed by atoms with Crippen LogP contribution in [0.4, 0.5) is 0 Å². The molecule has 1 heterocycles. The molecule has 1 aromatic heterocycles. The Bertz CT molecular complexity index is 309. The molecule has 4 heteroatoms. The van der Waals surface area contributed by atoms with E-state index < -0.39 is 0 Å². The summed E-state index contributed by atoms with van der Waals surface area (Å²) in [7, 11) is 4.13. The molecule has 0 saturated heterocycles. The predicted molar refractivity (Wildman–Crippen MR) is 68.8 cm³/mol. The van der Waals surface area contributed by atoms with Crippen molar-refractivity contribution in [2.24, 2.45) is 0 Å². The molecule has 1 N–H and O–H groups in total. The van der Waals surface area contributed by atoms with E-state index in [1.165, 1.54) is 4.88 Å². The van der Waals surface area contributed by atoms with Gasteiger partial charge in [-0.05, 0) is 40.1 Å². The Morgan fingerprint density at radius 2 is 2.13 bits per heavy atom. The first-order valence-corrected chi connectivity index (χ1v) is 6.25. The largest absolute Gasteiger partial charge is 0.318 e. The van der Waals surface area contributed by atoms with Gasteiger partial charge in [0.2, 0.25) is 0 Å². The molecule has 0 unspecified atom stereocenters. The number of nitrogens with one attached hydrogen (secondary N) is 1. The minimum Gasteiger partial charge on any atom is -0.318 e. The molecular formula is C11H19ClN2S. The Morgan fingerprint density at radius 1 is 1.47 bits per heavy atom. The van der Waals surface area contributed by atoms with Gasteiger partial charge in [-0.15, -0.1) is 11.3 Å². The fourth-order valence-corrected chi connectivity index (χ4v) is 2.59. The molecule has 0 atom stereocenters. The molecule has 1 aromatic rings. The van der Waals surface area contributed by atoms with Crippen LogP contribution in [0.3, 0.4) is 0 Å².